The molecule has 0 aromatic heterocycles. The number of hydrogen-bond acceptors (Lipinski definition) is 1. The zero-order valence-electron chi connectivity index (χ0n) is 9.00. The lowest BCUT2D eigenvalue weighted by Crippen LogP contribution is -2.47. The lowest BCUT2D eigenvalue weighted by atomic mass is 9.54. The molecule has 0 saturated heterocycles. The molecular formula is C13H17O2+. The van der Waals surface area contributed by atoms with E-state index in [-0.39, 0.29) is 17.3 Å². The molecule has 2 aliphatic carbocycles. The van der Waals surface area contributed by atoms with Gasteiger partial charge < -0.3 is 0 Å². The standard InChI is InChI=1S/C13H17O2/c1-9-5-6-10-4-2-3-7-13(10)11(9)8-15-12(13)14/h8,10-11H,1-7H2/q+1/t10-,11+,13-/m1/s1. The van der Waals surface area contributed by atoms with Crippen molar-refractivity contribution in [1.82, 2.24) is 0 Å². The second-order valence-electron chi connectivity index (χ2n) is 5.20. The Kier molecular flexibility index (Phi) is 1.88. The van der Waals surface area contributed by atoms with Crippen LogP contribution in [0.3, 0.4) is 0 Å². The van der Waals surface area contributed by atoms with Gasteiger partial charge in [0.15, 0.2) is 11.7 Å². The topological polar surface area (TPSA) is 28.4 Å². The van der Waals surface area contributed by atoms with E-state index in [1.54, 1.807) is 6.29 Å². The first-order chi connectivity index (χ1) is 7.25. The zero-order valence-corrected chi connectivity index (χ0v) is 9.00. The number of rotatable bonds is 0. The van der Waals surface area contributed by atoms with Crippen LogP contribution in [0.5, 0.6) is 0 Å². The van der Waals surface area contributed by atoms with E-state index in [1.807, 2.05) is 0 Å². The fraction of sp³-hybridized carbons (Fsp3) is 0.692. The number of aldehydes is 1. The van der Waals surface area contributed by atoms with Crippen molar-refractivity contribution >= 4 is 12.3 Å². The summed E-state index contributed by atoms with van der Waals surface area (Å²) >= 11 is 0. The van der Waals surface area contributed by atoms with Crippen molar-refractivity contribution in [1.29, 1.82) is 0 Å². The molecule has 0 unspecified atom stereocenters. The van der Waals surface area contributed by atoms with Gasteiger partial charge in [0.2, 0.25) is 0 Å². The van der Waals surface area contributed by atoms with Gasteiger partial charge in [-0.25, -0.2) is 0 Å². The van der Waals surface area contributed by atoms with Crippen molar-refractivity contribution in [2.75, 3.05) is 0 Å². The van der Waals surface area contributed by atoms with Gasteiger partial charge in [-0.1, -0.05) is 25.0 Å². The van der Waals surface area contributed by atoms with Crippen molar-refractivity contribution in [3.8, 4) is 0 Å². The van der Waals surface area contributed by atoms with Crippen LogP contribution in [0.4, 0.5) is 0 Å². The highest BCUT2D eigenvalue weighted by molar-refractivity contribution is 5.88. The van der Waals surface area contributed by atoms with E-state index in [4.69, 9.17) is 4.42 Å². The number of allylic oxidation sites excluding steroid dienone is 1. The summed E-state index contributed by atoms with van der Waals surface area (Å²) in [4.78, 5) is 12.0. The van der Waals surface area contributed by atoms with Crippen molar-refractivity contribution < 1.29 is 9.22 Å². The molecule has 1 spiro atoms. The SMILES string of the molecule is C=C1CC[C@H]2CCCC[C@@]23C(=O)[O+]=C[C@@H]13. The monoisotopic (exact) mass is 205 g/mol. The summed E-state index contributed by atoms with van der Waals surface area (Å²) in [6, 6.07) is 0. The van der Waals surface area contributed by atoms with Gasteiger partial charge in [0, 0.05) is 4.79 Å². The van der Waals surface area contributed by atoms with Gasteiger partial charge in [-0.3, -0.25) is 4.42 Å². The molecule has 80 valence electrons. The Hall–Kier alpha value is -0.920. The van der Waals surface area contributed by atoms with Gasteiger partial charge in [-0.15, -0.1) is 0 Å². The quantitative estimate of drug-likeness (QED) is 0.339. The van der Waals surface area contributed by atoms with E-state index in [0.717, 1.165) is 19.3 Å². The minimum absolute atomic E-state index is 0.0260. The van der Waals surface area contributed by atoms with Crippen molar-refractivity contribution in [2.45, 2.75) is 38.5 Å². The normalized spacial score (nSPS) is 44.0. The average molecular weight is 205 g/mol. The van der Waals surface area contributed by atoms with Crippen molar-refractivity contribution in [3.63, 3.8) is 0 Å². The molecular weight excluding hydrogens is 188 g/mol. The summed E-state index contributed by atoms with van der Waals surface area (Å²) in [5.41, 5.74) is 1.01. The Morgan fingerprint density at radius 3 is 3.13 bits per heavy atom. The Morgan fingerprint density at radius 1 is 1.40 bits per heavy atom. The number of carbonyl (C=O) groups is 1. The summed E-state index contributed by atoms with van der Waals surface area (Å²) in [5, 5.41) is 0. The molecule has 2 nitrogen and oxygen atoms in total. The predicted molar refractivity (Wildman–Crippen MR) is 57.3 cm³/mol. The Bertz CT molecular complexity index is 356. The van der Waals surface area contributed by atoms with Crippen LogP contribution < -0.4 is 0 Å². The van der Waals surface area contributed by atoms with Crippen LogP contribution in [0.1, 0.15) is 38.5 Å². The summed E-state index contributed by atoms with van der Waals surface area (Å²) < 4.78 is 5.21. The molecule has 2 fully saturated rings. The Labute approximate surface area is 90.1 Å². The highest BCUT2D eigenvalue weighted by atomic mass is 16.5. The van der Waals surface area contributed by atoms with Crippen molar-refractivity contribution in [3.05, 3.63) is 12.2 Å². The highest BCUT2D eigenvalue weighted by Crippen LogP contribution is 2.56. The lowest BCUT2D eigenvalue weighted by molar-refractivity contribution is -0.376. The predicted octanol–water partition coefficient (Wildman–Crippen LogP) is 2.40. The van der Waals surface area contributed by atoms with Gasteiger partial charge in [-0.2, -0.15) is 0 Å². The third kappa shape index (κ3) is 1.05. The molecule has 0 amide bonds. The molecule has 0 bridgehead atoms. The van der Waals surface area contributed by atoms with Crippen molar-refractivity contribution in [2.24, 2.45) is 17.3 Å². The van der Waals surface area contributed by atoms with Crippen LogP contribution in [-0.4, -0.2) is 12.3 Å². The molecule has 3 atom stereocenters. The van der Waals surface area contributed by atoms with Gasteiger partial charge in [0.05, 0.1) is 5.92 Å². The minimum Gasteiger partial charge on any atom is -0.284 e. The summed E-state index contributed by atoms with van der Waals surface area (Å²) in [6.07, 6.45) is 8.62. The molecule has 3 aliphatic rings. The first kappa shape index (κ1) is 9.32. The first-order valence-corrected chi connectivity index (χ1v) is 5.97. The molecule has 1 heterocycles. The van der Waals surface area contributed by atoms with Crippen LogP contribution in [0.25, 0.3) is 0 Å². The molecule has 0 aromatic carbocycles. The van der Waals surface area contributed by atoms with E-state index < -0.39 is 0 Å². The third-order valence-electron chi connectivity index (χ3n) is 4.62. The van der Waals surface area contributed by atoms with E-state index in [2.05, 4.69) is 6.58 Å². The molecule has 0 radical (unpaired) electrons. The maximum Gasteiger partial charge on any atom is 0.587 e. The Balaban J connectivity index is 2.06. The molecule has 0 N–H and O–H groups in total. The van der Waals surface area contributed by atoms with Crippen LogP contribution in [0.2, 0.25) is 0 Å². The number of hydrogen-bond donors (Lipinski definition) is 0. The summed E-state index contributed by atoms with van der Waals surface area (Å²) in [6.45, 7) is 4.11. The maximum absolute atomic E-state index is 12.0. The largest absolute Gasteiger partial charge is 0.587 e. The smallest absolute Gasteiger partial charge is 0.284 e. The number of carbonyl (C=O) groups excluding carboxylic acids is 2. The molecule has 1 aliphatic heterocycles. The fourth-order valence-electron chi connectivity index (χ4n) is 3.81. The van der Waals surface area contributed by atoms with Gasteiger partial charge in [0.25, 0.3) is 0 Å². The summed E-state index contributed by atoms with van der Waals surface area (Å²) in [7, 11) is 0. The Morgan fingerprint density at radius 2 is 2.27 bits per heavy atom. The molecule has 15 heavy (non-hydrogen) atoms. The average Bonchev–Trinajstić information content (AvgIpc) is 2.58. The maximum atomic E-state index is 12.0. The van der Waals surface area contributed by atoms with E-state index in [1.165, 1.54) is 24.8 Å². The van der Waals surface area contributed by atoms with E-state index in [9.17, 15) is 4.79 Å². The second kappa shape index (κ2) is 3.03. The van der Waals surface area contributed by atoms with E-state index in [0.29, 0.717) is 5.92 Å². The first-order valence-electron chi connectivity index (χ1n) is 5.97. The molecule has 2 heteroatoms. The molecule has 2 saturated carbocycles. The highest BCUT2D eigenvalue weighted by Gasteiger charge is 2.65. The van der Waals surface area contributed by atoms with Crippen LogP contribution in [0, 0.1) is 17.3 Å². The van der Waals surface area contributed by atoms with Gasteiger partial charge >= 0.3 is 5.97 Å². The van der Waals surface area contributed by atoms with Gasteiger partial charge in [0.1, 0.15) is 0 Å². The second-order valence-corrected chi connectivity index (χ2v) is 5.20. The van der Waals surface area contributed by atoms with Gasteiger partial charge in [-0.05, 0) is 31.6 Å². The fourth-order valence-corrected chi connectivity index (χ4v) is 3.81. The molecule has 0 aromatic rings. The third-order valence-corrected chi connectivity index (χ3v) is 4.62. The van der Waals surface area contributed by atoms with Crippen LogP contribution in [-0.2, 0) is 9.22 Å². The molecule has 3 rings (SSSR count). The summed E-state index contributed by atoms with van der Waals surface area (Å²) in [5.74, 6) is 0.787. The zero-order chi connectivity index (χ0) is 10.5. The van der Waals surface area contributed by atoms with E-state index >= 15 is 0 Å². The van der Waals surface area contributed by atoms with Crippen LogP contribution >= 0.6 is 0 Å². The van der Waals surface area contributed by atoms with Crippen LogP contribution in [0.15, 0.2) is 12.2 Å². The lowest BCUT2D eigenvalue weighted by Gasteiger charge is -2.42. The minimum atomic E-state index is -0.201.